The quantitative estimate of drug-likeness (QED) is 0.653. The van der Waals surface area contributed by atoms with Gasteiger partial charge in [-0.2, -0.15) is 0 Å². The smallest absolute Gasteiger partial charge is 0.343 e. The Morgan fingerprint density at radius 1 is 1.26 bits per heavy atom. The van der Waals surface area contributed by atoms with Crippen LogP contribution in [-0.2, 0) is 11.3 Å². The molecule has 0 radical (unpaired) electrons. The first kappa shape index (κ1) is 21.9. The van der Waals surface area contributed by atoms with Crippen molar-refractivity contribution in [3.8, 4) is 17.3 Å². The summed E-state index contributed by atoms with van der Waals surface area (Å²) in [7, 11) is 0. The average molecular weight is 449 g/mol. The topological polar surface area (TPSA) is 78.6 Å². The Morgan fingerprint density at radius 3 is 2.58 bits per heavy atom. The number of likely N-dealkylation sites (N-methyl/N-ethyl adjacent to an activating group) is 1. The lowest BCUT2D eigenvalue weighted by Gasteiger charge is -2.38. The molecule has 0 spiro atoms. The summed E-state index contributed by atoms with van der Waals surface area (Å²) in [6, 6.07) is 1.40. The monoisotopic (exact) mass is 448 g/mol. The zero-order chi connectivity index (χ0) is 22.5. The summed E-state index contributed by atoms with van der Waals surface area (Å²) in [6.07, 6.45) is 1.66. The van der Waals surface area contributed by atoms with Gasteiger partial charge in [-0.1, -0.05) is 39.3 Å². The number of rotatable bonds is 5. The minimum absolute atomic E-state index is 0.0227. The van der Waals surface area contributed by atoms with Gasteiger partial charge < -0.3 is 14.0 Å². The maximum atomic E-state index is 12.8. The van der Waals surface area contributed by atoms with E-state index in [9.17, 15) is 9.59 Å². The third-order valence-corrected chi connectivity index (χ3v) is 6.35. The molecule has 1 atom stereocenters. The molecule has 0 N–H and O–H groups in total. The van der Waals surface area contributed by atoms with Gasteiger partial charge >= 0.3 is 5.97 Å². The summed E-state index contributed by atoms with van der Waals surface area (Å²) < 4.78 is 14.9. The number of ether oxygens (including phenoxy) is 2. The van der Waals surface area contributed by atoms with Gasteiger partial charge in [0.2, 0.25) is 0 Å². The molecule has 2 aliphatic rings. The lowest BCUT2D eigenvalue weighted by Crippen LogP contribution is -2.53. The van der Waals surface area contributed by atoms with Gasteiger partial charge in [-0.05, 0) is 18.9 Å². The Kier molecular flexibility index (Phi) is 5.64. The van der Waals surface area contributed by atoms with Crippen molar-refractivity contribution >= 4 is 17.6 Å². The summed E-state index contributed by atoms with van der Waals surface area (Å²) in [4.78, 5) is 27.4. The molecule has 0 aliphatic carbocycles. The number of esters is 1. The van der Waals surface area contributed by atoms with Crippen molar-refractivity contribution in [1.29, 1.82) is 0 Å². The fourth-order valence-corrected chi connectivity index (χ4v) is 4.46. The first-order chi connectivity index (χ1) is 14.6. The second-order valence-corrected chi connectivity index (χ2v) is 9.57. The van der Waals surface area contributed by atoms with E-state index >= 15 is 0 Å². The Balaban J connectivity index is 1.78. The van der Waals surface area contributed by atoms with Crippen LogP contribution in [0.1, 0.15) is 51.0 Å². The molecule has 168 valence electrons. The van der Waals surface area contributed by atoms with Crippen LogP contribution in [0.15, 0.2) is 17.1 Å². The zero-order valence-electron chi connectivity index (χ0n) is 18.6. The predicted molar refractivity (Wildman–Crippen MR) is 118 cm³/mol. The van der Waals surface area contributed by atoms with Gasteiger partial charge in [0, 0.05) is 25.4 Å². The van der Waals surface area contributed by atoms with Gasteiger partial charge in [0.15, 0.2) is 5.43 Å². The van der Waals surface area contributed by atoms with E-state index in [-0.39, 0.29) is 29.7 Å². The van der Waals surface area contributed by atoms with Crippen LogP contribution >= 0.6 is 11.6 Å². The van der Waals surface area contributed by atoms with Crippen molar-refractivity contribution in [2.45, 2.75) is 53.3 Å². The summed E-state index contributed by atoms with van der Waals surface area (Å²) in [5, 5.41) is 5.03. The standard InChI is InChI=1S/C22H29ClN4O4/c1-6-25-9-13(10-25)31-20-18(23)19-15-8-16(28)14(21(29)30-7-2)11-26(15)17(22(3,4)5)12-27(19)24-20/h8,11,13,17H,6-7,9-10,12H2,1-5H3/t17-/m0/s1. The van der Waals surface area contributed by atoms with Crippen LogP contribution in [0.3, 0.4) is 0 Å². The van der Waals surface area contributed by atoms with Crippen molar-refractivity contribution in [2.24, 2.45) is 5.41 Å². The van der Waals surface area contributed by atoms with Gasteiger partial charge in [-0.3, -0.25) is 14.4 Å². The second-order valence-electron chi connectivity index (χ2n) is 9.19. The Morgan fingerprint density at radius 2 is 1.97 bits per heavy atom. The van der Waals surface area contributed by atoms with Crippen molar-refractivity contribution < 1.29 is 14.3 Å². The molecule has 0 aromatic carbocycles. The molecule has 1 fully saturated rings. The van der Waals surface area contributed by atoms with E-state index in [1.165, 1.54) is 6.07 Å². The van der Waals surface area contributed by atoms with Crippen molar-refractivity contribution in [1.82, 2.24) is 19.2 Å². The highest BCUT2D eigenvalue weighted by atomic mass is 35.5. The van der Waals surface area contributed by atoms with E-state index in [1.807, 2.05) is 9.25 Å². The normalized spacial score (nSPS) is 18.8. The molecule has 1 saturated heterocycles. The highest BCUT2D eigenvalue weighted by molar-refractivity contribution is 6.34. The lowest BCUT2D eigenvalue weighted by molar-refractivity contribution is 0.0204. The number of pyridine rings is 1. The second kappa shape index (κ2) is 7.98. The first-order valence-corrected chi connectivity index (χ1v) is 11.1. The van der Waals surface area contributed by atoms with Crippen LogP contribution in [0, 0.1) is 5.41 Å². The number of likely N-dealkylation sites (tertiary alicyclic amines) is 1. The molecule has 0 amide bonds. The number of carbonyl (C=O) groups is 1. The SMILES string of the molecule is CCOC(=O)c1cn2c(cc1=O)-c1c(Cl)c(OC3CN(CC)C3)nn1C[C@H]2C(C)(C)C. The molecule has 8 nitrogen and oxygen atoms in total. The number of hydrogen-bond acceptors (Lipinski definition) is 6. The maximum Gasteiger partial charge on any atom is 0.343 e. The Hall–Kier alpha value is -2.32. The molecule has 0 unspecified atom stereocenters. The summed E-state index contributed by atoms with van der Waals surface area (Å²) in [5.74, 6) is -0.226. The van der Waals surface area contributed by atoms with E-state index in [2.05, 4.69) is 37.7 Å². The molecule has 4 rings (SSSR count). The van der Waals surface area contributed by atoms with E-state index in [1.54, 1.807) is 13.1 Å². The number of aromatic nitrogens is 3. The minimum Gasteiger partial charge on any atom is -0.469 e. The van der Waals surface area contributed by atoms with Crippen LogP contribution in [0.25, 0.3) is 11.4 Å². The third kappa shape index (κ3) is 3.87. The fourth-order valence-electron chi connectivity index (χ4n) is 4.19. The summed E-state index contributed by atoms with van der Waals surface area (Å²) in [6.45, 7) is 13.6. The molecule has 2 aliphatic heterocycles. The lowest BCUT2D eigenvalue weighted by atomic mass is 9.85. The maximum absolute atomic E-state index is 12.8. The minimum atomic E-state index is -0.616. The van der Waals surface area contributed by atoms with E-state index < -0.39 is 11.4 Å². The first-order valence-electron chi connectivity index (χ1n) is 10.7. The molecule has 31 heavy (non-hydrogen) atoms. The summed E-state index contributed by atoms with van der Waals surface area (Å²) in [5.41, 5.74) is 0.719. The summed E-state index contributed by atoms with van der Waals surface area (Å²) >= 11 is 6.70. The predicted octanol–water partition coefficient (Wildman–Crippen LogP) is 3.23. The highest BCUT2D eigenvalue weighted by Crippen LogP contribution is 2.44. The van der Waals surface area contributed by atoms with Gasteiger partial charge in [0.1, 0.15) is 22.4 Å². The molecular weight excluding hydrogens is 420 g/mol. The molecule has 0 bridgehead atoms. The Bertz CT molecular complexity index is 1060. The van der Waals surface area contributed by atoms with Crippen molar-refractivity contribution in [3.63, 3.8) is 0 Å². The van der Waals surface area contributed by atoms with Crippen LogP contribution in [0.5, 0.6) is 5.88 Å². The fraction of sp³-hybridized carbons (Fsp3) is 0.591. The third-order valence-electron chi connectivity index (χ3n) is 6.01. The van der Waals surface area contributed by atoms with Gasteiger partial charge in [-0.15, -0.1) is 5.10 Å². The molecule has 4 heterocycles. The van der Waals surface area contributed by atoms with Gasteiger partial charge in [0.05, 0.1) is 24.9 Å². The van der Waals surface area contributed by atoms with Crippen molar-refractivity contribution in [2.75, 3.05) is 26.2 Å². The number of nitrogens with zero attached hydrogens (tertiary/aromatic N) is 4. The Labute approximate surface area is 186 Å². The van der Waals surface area contributed by atoms with E-state index in [4.69, 9.17) is 21.1 Å². The molecular formula is C22H29ClN4O4. The number of halogens is 1. The van der Waals surface area contributed by atoms with Gasteiger partial charge in [0.25, 0.3) is 5.88 Å². The van der Waals surface area contributed by atoms with Crippen LogP contribution in [0.2, 0.25) is 5.02 Å². The van der Waals surface area contributed by atoms with Crippen LogP contribution in [-0.4, -0.2) is 57.6 Å². The van der Waals surface area contributed by atoms with Gasteiger partial charge in [-0.25, -0.2) is 4.79 Å². The highest BCUT2D eigenvalue weighted by Gasteiger charge is 2.37. The van der Waals surface area contributed by atoms with Crippen LogP contribution in [0.4, 0.5) is 0 Å². The number of fused-ring (bicyclic) bond motifs is 3. The van der Waals surface area contributed by atoms with E-state index in [0.29, 0.717) is 28.8 Å². The molecule has 9 heteroatoms. The zero-order valence-corrected chi connectivity index (χ0v) is 19.4. The van der Waals surface area contributed by atoms with E-state index in [0.717, 1.165) is 19.6 Å². The molecule has 2 aromatic rings. The molecule has 2 aromatic heterocycles. The average Bonchev–Trinajstić information content (AvgIpc) is 2.98. The number of hydrogen-bond donors (Lipinski definition) is 0. The molecule has 0 saturated carbocycles. The van der Waals surface area contributed by atoms with Crippen LogP contribution < -0.4 is 10.2 Å². The largest absolute Gasteiger partial charge is 0.469 e. The van der Waals surface area contributed by atoms with Crippen molar-refractivity contribution in [3.05, 3.63) is 33.1 Å². The number of carbonyl (C=O) groups excluding carboxylic acids is 1.